The van der Waals surface area contributed by atoms with E-state index in [-0.39, 0.29) is 0 Å². The summed E-state index contributed by atoms with van der Waals surface area (Å²) in [6, 6.07) is 8.03. The third-order valence-electron chi connectivity index (χ3n) is 2.45. The third-order valence-corrected chi connectivity index (χ3v) is 2.45. The number of carbonyl (C=O) groups excluding carboxylic acids is 1. The van der Waals surface area contributed by atoms with Crippen LogP contribution in [0.2, 0.25) is 0 Å². The van der Waals surface area contributed by atoms with Crippen molar-refractivity contribution in [2.45, 2.75) is 12.5 Å². The van der Waals surface area contributed by atoms with Crippen molar-refractivity contribution in [1.82, 2.24) is 0 Å². The summed E-state index contributed by atoms with van der Waals surface area (Å²) in [5, 5.41) is 0. The van der Waals surface area contributed by atoms with Crippen LogP contribution in [0.5, 0.6) is 0 Å². The Balaban J connectivity index is 2.23. The maximum absolute atomic E-state index is 10.0. The summed E-state index contributed by atoms with van der Waals surface area (Å²) in [6.45, 7) is 1.99. The molecule has 0 N–H and O–H groups in total. The summed E-state index contributed by atoms with van der Waals surface area (Å²) in [5.41, 5.74) is 2.35. The van der Waals surface area contributed by atoms with Gasteiger partial charge in [-0.3, -0.25) is 0 Å². The van der Waals surface area contributed by atoms with Gasteiger partial charge in [0.25, 0.3) is 0 Å². The highest BCUT2D eigenvalue weighted by atomic mass is 16.5. The SMILES string of the molecule is O=C=NCc1ccccc1C1COC1. The van der Waals surface area contributed by atoms with Crippen molar-refractivity contribution in [2.24, 2.45) is 4.99 Å². The molecule has 0 atom stereocenters. The van der Waals surface area contributed by atoms with Crippen molar-refractivity contribution in [3.8, 4) is 0 Å². The number of rotatable bonds is 3. The van der Waals surface area contributed by atoms with E-state index < -0.39 is 0 Å². The largest absolute Gasteiger partial charge is 0.380 e. The maximum Gasteiger partial charge on any atom is 0.235 e. The van der Waals surface area contributed by atoms with E-state index in [1.165, 1.54) is 5.56 Å². The first-order chi connectivity index (χ1) is 6.92. The van der Waals surface area contributed by atoms with Crippen molar-refractivity contribution in [1.29, 1.82) is 0 Å². The van der Waals surface area contributed by atoms with Gasteiger partial charge in [0.05, 0.1) is 19.8 Å². The van der Waals surface area contributed by atoms with E-state index in [1.54, 1.807) is 6.08 Å². The smallest absolute Gasteiger partial charge is 0.235 e. The molecule has 0 aliphatic carbocycles. The Labute approximate surface area is 82.4 Å². The molecule has 3 nitrogen and oxygen atoms in total. The van der Waals surface area contributed by atoms with Gasteiger partial charge in [0.15, 0.2) is 0 Å². The minimum atomic E-state index is 0.427. The van der Waals surface area contributed by atoms with Crippen LogP contribution in [0.3, 0.4) is 0 Å². The molecule has 1 aromatic carbocycles. The second kappa shape index (κ2) is 4.18. The average Bonchev–Trinajstić information content (AvgIpc) is 2.14. The highest BCUT2D eigenvalue weighted by Gasteiger charge is 2.22. The maximum atomic E-state index is 10.0. The number of isocyanates is 1. The topological polar surface area (TPSA) is 38.7 Å². The van der Waals surface area contributed by atoms with Crippen molar-refractivity contribution in [3.63, 3.8) is 0 Å². The number of ether oxygens (including phenoxy) is 1. The molecule has 1 aliphatic heterocycles. The molecule has 0 spiro atoms. The fraction of sp³-hybridized carbons (Fsp3) is 0.364. The van der Waals surface area contributed by atoms with E-state index in [9.17, 15) is 4.79 Å². The molecule has 1 aliphatic rings. The predicted molar refractivity (Wildman–Crippen MR) is 51.8 cm³/mol. The van der Waals surface area contributed by atoms with E-state index in [0.717, 1.165) is 18.8 Å². The van der Waals surface area contributed by atoms with Crippen LogP contribution in [0.15, 0.2) is 29.3 Å². The molecule has 0 amide bonds. The first kappa shape index (κ1) is 9.13. The van der Waals surface area contributed by atoms with Gasteiger partial charge in [-0.2, -0.15) is 0 Å². The first-order valence-corrected chi connectivity index (χ1v) is 4.61. The Morgan fingerprint density at radius 3 is 2.86 bits per heavy atom. The summed E-state index contributed by atoms with van der Waals surface area (Å²) >= 11 is 0. The van der Waals surface area contributed by atoms with Crippen LogP contribution in [0.4, 0.5) is 0 Å². The number of hydrogen-bond acceptors (Lipinski definition) is 3. The lowest BCUT2D eigenvalue weighted by molar-refractivity contribution is 0.00808. The highest BCUT2D eigenvalue weighted by molar-refractivity contribution is 5.36. The van der Waals surface area contributed by atoms with Gasteiger partial charge in [0.1, 0.15) is 0 Å². The fourth-order valence-corrected chi connectivity index (χ4v) is 1.61. The second-order valence-corrected chi connectivity index (χ2v) is 3.34. The monoisotopic (exact) mass is 189 g/mol. The molecule has 0 unspecified atom stereocenters. The van der Waals surface area contributed by atoms with Gasteiger partial charge in [0, 0.05) is 5.92 Å². The lowest BCUT2D eigenvalue weighted by Crippen LogP contribution is -2.26. The molecule has 1 heterocycles. The molecule has 3 heteroatoms. The summed E-state index contributed by atoms with van der Waals surface area (Å²) in [6.07, 6.45) is 1.56. The van der Waals surface area contributed by atoms with Crippen LogP contribution in [0.1, 0.15) is 17.0 Å². The minimum Gasteiger partial charge on any atom is -0.380 e. The lowest BCUT2D eigenvalue weighted by Gasteiger charge is -2.27. The van der Waals surface area contributed by atoms with Crippen molar-refractivity contribution in [3.05, 3.63) is 35.4 Å². The van der Waals surface area contributed by atoms with Crippen LogP contribution in [0, 0.1) is 0 Å². The zero-order chi connectivity index (χ0) is 9.80. The molecular weight excluding hydrogens is 178 g/mol. The van der Waals surface area contributed by atoms with Crippen molar-refractivity contribution < 1.29 is 9.53 Å². The molecule has 1 aromatic rings. The van der Waals surface area contributed by atoms with Gasteiger partial charge in [-0.1, -0.05) is 24.3 Å². The Hall–Kier alpha value is -1.44. The Morgan fingerprint density at radius 1 is 1.43 bits per heavy atom. The summed E-state index contributed by atoms with van der Waals surface area (Å²) < 4.78 is 5.14. The Morgan fingerprint density at radius 2 is 2.21 bits per heavy atom. The zero-order valence-electron chi connectivity index (χ0n) is 7.77. The molecule has 2 rings (SSSR count). The molecule has 0 bridgehead atoms. The lowest BCUT2D eigenvalue weighted by atomic mass is 9.93. The molecule has 14 heavy (non-hydrogen) atoms. The quantitative estimate of drug-likeness (QED) is 0.535. The summed E-state index contributed by atoms with van der Waals surface area (Å²) in [5.74, 6) is 0.480. The molecule has 1 fully saturated rings. The van der Waals surface area contributed by atoms with E-state index in [2.05, 4.69) is 11.1 Å². The van der Waals surface area contributed by atoms with Crippen LogP contribution >= 0.6 is 0 Å². The van der Waals surface area contributed by atoms with Crippen LogP contribution in [-0.4, -0.2) is 19.3 Å². The average molecular weight is 189 g/mol. The second-order valence-electron chi connectivity index (χ2n) is 3.34. The number of hydrogen-bond donors (Lipinski definition) is 0. The normalized spacial score (nSPS) is 15.7. The van der Waals surface area contributed by atoms with Gasteiger partial charge in [0.2, 0.25) is 6.08 Å². The van der Waals surface area contributed by atoms with Gasteiger partial charge in [-0.05, 0) is 11.1 Å². The summed E-state index contributed by atoms with van der Waals surface area (Å²) in [4.78, 5) is 13.6. The minimum absolute atomic E-state index is 0.427. The van der Waals surface area contributed by atoms with Crippen LogP contribution in [-0.2, 0) is 16.1 Å². The van der Waals surface area contributed by atoms with Gasteiger partial charge in [-0.25, -0.2) is 9.79 Å². The van der Waals surface area contributed by atoms with Crippen LogP contribution in [0.25, 0.3) is 0 Å². The third kappa shape index (κ3) is 1.74. The number of aliphatic imine (C=N–C) groups is 1. The molecule has 1 saturated heterocycles. The summed E-state index contributed by atoms with van der Waals surface area (Å²) in [7, 11) is 0. The van der Waals surface area contributed by atoms with Gasteiger partial charge < -0.3 is 4.74 Å². The van der Waals surface area contributed by atoms with E-state index in [4.69, 9.17) is 4.74 Å². The van der Waals surface area contributed by atoms with Crippen molar-refractivity contribution >= 4 is 6.08 Å². The molecular formula is C11H11NO2. The van der Waals surface area contributed by atoms with E-state index >= 15 is 0 Å². The molecule has 0 saturated carbocycles. The number of nitrogens with zero attached hydrogens (tertiary/aromatic N) is 1. The van der Waals surface area contributed by atoms with Crippen molar-refractivity contribution in [2.75, 3.05) is 13.2 Å². The van der Waals surface area contributed by atoms with Crippen LogP contribution < -0.4 is 0 Å². The van der Waals surface area contributed by atoms with E-state index in [0.29, 0.717) is 12.5 Å². The Kier molecular flexibility index (Phi) is 2.73. The van der Waals surface area contributed by atoms with E-state index in [1.807, 2.05) is 18.2 Å². The standard InChI is InChI=1S/C11H11NO2/c13-8-12-5-9-3-1-2-4-11(9)10-6-14-7-10/h1-4,10H,5-7H2. The predicted octanol–water partition coefficient (Wildman–Crippen LogP) is 1.64. The Bertz CT molecular complexity index is 365. The number of benzene rings is 1. The fourth-order valence-electron chi connectivity index (χ4n) is 1.61. The van der Waals surface area contributed by atoms with Gasteiger partial charge in [-0.15, -0.1) is 0 Å². The first-order valence-electron chi connectivity index (χ1n) is 4.61. The molecule has 0 radical (unpaired) electrons. The zero-order valence-corrected chi connectivity index (χ0v) is 7.77. The molecule has 0 aromatic heterocycles. The molecule has 72 valence electrons. The highest BCUT2D eigenvalue weighted by Crippen LogP contribution is 2.27. The van der Waals surface area contributed by atoms with Gasteiger partial charge >= 0.3 is 0 Å².